The lowest BCUT2D eigenvalue weighted by Crippen LogP contribution is -2.08. The first-order chi connectivity index (χ1) is 13.8. The Balaban J connectivity index is 1.63. The lowest BCUT2D eigenvalue weighted by atomic mass is 10.2. The molecule has 11 heteroatoms. The second-order valence-corrected chi connectivity index (χ2v) is 7.74. The molecule has 0 radical (unpaired) electrons. The van der Waals surface area contributed by atoms with Crippen LogP contribution in [-0.4, -0.2) is 29.4 Å². The molecule has 0 atom stereocenters. The zero-order valence-electron chi connectivity index (χ0n) is 14.8. The van der Waals surface area contributed by atoms with Crippen LogP contribution in [0.15, 0.2) is 70.0 Å². The van der Waals surface area contributed by atoms with E-state index in [1.165, 1.54) is 36.4 Å². The maximum Gasteiger partial charge on any atom is 0.322 e. The van der Waals surface area contributed by atoms with E-state index < -0.39 is 26.4 Å². The maximum atomic E-state index is 12.3. The number of carbonyl (C=O) groups is 1. The number of nitrogens with one attached hydrogen (secondary N) is 1. The highest BCUT2D eigenvalue weighted by Gasteiger charge is 2.19. The highest BCUT2D eigenvalue weighted by molar-refractivity contribution is 7.90. The van der Waals surface area contributed by atoms with Gasteiger partial charge in [0.05, 0.1) is 9.82 Å². The van der Waals surface area contributed by atoms with Crippen molar-refractivity contribution >= 4 is 33.5 Å². The minimum absolute atomic E-state index is 0.103. The highest BCUT2D eigenvalue weighted by Crippen LogP contribution is 2.17. The van der Waals surface area contributed by atoms with E-state index in [-0.39, 0.29) is 22.5 Å². The van der Waals surface area contributed by atoms with Gasteiger partial charge in [-0.15, -0.1) is 5.10 Å². The van der Waals surface area contributed by atoms with Gasteiger partial charge < -0.3 is 4.42 Å². The number of anilines is 1. The Bertz CT molecular complexity index is 1170. The van der Waals surface area contributed by atoms with E-state index in [0.717, 1.165) is 6.08 Å². The Morgan fingerprint density at radius 3 is 2.62 bits per heavy atom. The molecule has 0 bridgehead atoms. The molecule has 148 valence electrons. The van der Waals surface area contributed by atoms with Crippen molar-refractivity contribution in [3.8, 4) is 0 Å². The number of carbonyl (C=O) groups excluding carboxylic acids is 1. The van der Waals surface area contributed by atoms with Gasteiger partial charge in [-0.1, -0.05) is 35.4 Å². The summed E-state index contributed by atoms with van der Waals surface area (Å²) in [7, 11) is -3.66. The third-order valence-electron chi connectivity index (χ3n) is 3.62. The lowest BCUT2D eigenvalue weighted by Gasteiger charge is -2.00. The zero-order valence-corrected chi connectivity index (χ0v) is 15.6. The van der Waals surface area contributed by atoms with E-state index in [9.17, 15) is 23.3 Å². The lowest BCUT2D eigenvalue weighted by molar-refractivity contribution is -0.384. The molecule has 0 unspecified atom stereocenters. The molecular formula is C18H14N4O6S. The van der Waals surface area contributed by atoms with E-state index >= 15 is 0 Å². The Kier molecular flexibility index (Phi) is 5.79. The first-order valence-corrected chi connectivity index (χ1v) is 9.82. The van der Waals surface area contributed by atoms with Crippen LogP contribution in [0.25, 0.3) is 6.08 Å². The van der Waals surface area contributed by atoms with Gasteiger partial charge >= 0.3 is 6.01 Å². The molecule has 3 aromatic rings. The van der Waals surface area contributed by atoms with Gasteiger partial charge in [0.25, 0.3) is 11.6 Å². The summed E-state index contributed by atoms with van der Waals surface area (Å²) in [5, 5.41) is 20.3. The van der Waals surface area contributed by atoms with Crippen LogP contribution in [0.1, 0.15) is 11.5 Å². The number of hydrogen-bond donors (Lipinski definition) is 1. The Labute approximate surface area is 165 Å². The standard InChI is InChI=1S/C18H14N4O6S/c23-16(10-9-13-5-4-6-14(11-13)22(24)25)19-18-21-20-17(28-18)12-29(26,27)15-7-2-1-3-8-15/h1-11H,12H2,(H,19,21,23)/b10-9+. The first-order valence-electron chi connectivity index (χ1n) is 8.17. The number of nitro benzene ring substituents is 1. The largest absolute Gasteiger partial charge is 0.407 e. The molecule has 0 aliphatic rings. The summed E-state index contributed by atoms with van der Waals surface area (Å²) in [6.45, 7) is 0. The van der Waals surface area contributed by atoms with Crippen LogP contribution >= 0.6 is 0 Å². The van der Waals surface area contributed by atoms with Gasteiger partial charge in [-0.2, -0.15) is 0 Å². The molecule has 0 saturated heterocycles. The number of benzene rings is 2. The summed E-state index contributed by atoms with van der Waals surface area (Å²) in [5.41, 5.74) is 0.350. The fraction of sp³-hybridized carbons (Fsp3) is 0.0556. The number of amides is 1. The van der Waals surface area contributed by atoms with Gasteiger partial charge in [0, 0.05) is 18.2 Å². The second kappa shape index (κ2) is 8.44. The van der Waals surface area contributed by atoms with Crippen molar-refractivity contribution in [2.24, 2.45) is 0 Å². The van der Waals surface area contributed by atoms with Crippen LogP contribution in [0.3, 0.4) is 0 Å². The SMILES string of the molecule is O=C(/C=C/c1cccc([N+](=O)[O-])c1)Nc1nnc(CS(=O)(=O)c2ccccc2)o1. The fourth-order valence-corrected chi connectivity index (χ4v) is 3.48. The summed E-state index contributed by atoms with van der Waals surface area (Å²) in [6.07, 6.45) is 2.50. The number of aromatic nitrogens is 2. The van der Waals surface area contributed by atoms with Gasteiger partial charge in [-0.3, -0.25) is 20.2 Å². The minimum Gasteiger partial charge on any atom is -0.407 e. The van der Waals surface area contributed by atoms with Crippen molar-refractivity contribution in [1.29, 1.82) is 0 Å². The smallest absolute Gasteiger partial charge is 0.322 e. The summed E-state index contributed by atoms with van der Waals surface area (Å²) in [6, 6.07) is 13.3. The summed E-state index contributed by atoms with van der Waals surface area (Å²) in [5.74, 6) is -1.31. The Hall–Kier alpha value is -3.86. The predicted octanol–water partition coefficient (Wildman–Crippen LogP) is 2.60. The highest BCUT2D eigenvalue weighted by atomic mass is 32.2. The summed E-state index contributed by atoms with van der Waals surface area (Å²) in [4.78, 5) is 22.3. The molecule has 3 rings (SSSR count). The third-order valence-corrected chi connectivity index (χ3v) is 5.24. The average Bonchev–Trinajstić information content (AvgIpc) is 3.13. The summed E-state index contributed by atoms with van der Waals surface area (Å²) >= 11 is 0. The second-order valence-electron chi connectivity index (χ2n) is 5.75. The van der Waals surface area contributed by atoms with Crippen molar-refractivity contribution in [3.63, 3.8) is 0 Å². The molecular weight excluding hydrogens is 400 g/mol. The van der Waals surface area contributed by atoms with Crippen molar-refractivity contribution < 1.29 is 22.6 Å². The molecule has 0 aliphatic heterocycles. The van der Waals surface area contributed by atoms with Crippen LogP contribution in [0, 0.1) is 10.1 Å². The van der Waals surface area contributed by atoms with Gasteiger partial charge in [0.2, 0.25) is 5.89 Å². The maximum absolute atomic E-state index is 12.3. The van der Waals surface area contributed by atoms with Crippen LogP contribution in [0.5, 0.6) is 0 Å². The fourth-order valence-electron chi connectivity index (χ4n) is 2.30. The molecule has 1 N–H and O–H groups in total. The molecule has 0 saturated carbocycles. The molecule has 1 heterocycles. The number of non-ortho nitro benzene ring substituents is 1. The molecule has 1 amide bonds. The number of nitrogens with zero attached hydrogens (tertiary/aromatic N) is 3. The summed E-state index contributed by atoms with van der Waals surface area (Å²) < 4.78 is 29.7. The third kappa shape index (κ3) is 5.32. The van der Waals surface area contributed by atoms with Gasteiger partial charge in [0.1, 0.15) is 5.75 Å². The number of nitro groups is 1. The molecule has 29 heavy (non-hydrogen) atoms. The van der Waals surface area contributed by atoms with Gasteiger partial charge in [0.15, 0.2) is 9.84 Å². The van der Waals surface area contributed by atoms with Crippen molar-refractivity contribution in [2.75, 3.05) is 5.32 Å². The molecule has 0 spiro atoms. The number of hydrogen-bond acceptors (Lipinski definition) is 8. The van der Waals surface area contributed by atoms with E-state index in [0.29, 0.717) is 5.56 Å². The van der Waals surface area contributed by atoms with Crippen molar-refractivity contribution in [1.82, 2.24) is 10.2 Å². The Morgan fingerprint density at radius 1 is 1.14 bits per heavy atom. The molecule has 1 aromatic heterocycles. The molecule has 0 fully saturated rings. The zero-order chi connectivity index (χ0) is 20.9. The molecule has 0 aliphatic carbocycles. The molecule has 10 nitrogen and oxygen atoms in total. The normalized spacial score (nSPS) is 11.4. The van der Waals surface area contributed by atoms with E-state index in [1.54, 1.807) is 24.3 Å². The van der Waals surface area contributed by atoms with Crippen molar-refractivity contribution in [3.05, 3.63) is 82.2 Å². The van der Waals surface area contributed by atoms with E-state index in [2.05, 4.69) is 15.5 Å². The first kappa shape index (κ1) is 19.9. The Morgan fingerprint density at radius 2 is 1.90 bits per heavy atom. The van der Waals surface area contributed by atoms with Crippen LogP contribution in [0.2, 0.25) is 0 Å². The molecule has 2 aromatic carbocycles. The van der Waals surface area contributed by atoms with Crippen LogP contribution in [0.4, 0.5) is 11.7 Å². The number of sulfone groups is 1. The van der Waals surface area contributed by atoms with E-state index in [4.69, 9.17) is 4.42 Å². The topological polar surface area (TPSA) is 145 Å². The monoisotopic (exact) mass is 414 g/mol. The van der Waals surface area contributed by atoms with E-state index in [1.807, 2.05) is 0 Å². The minimum atomic E-state index is -3.66. The number of rotatable bonds is 7. The van der Waals surface area contributed by atoms with Crippen LogP contribution in [-0.2, 0) is 20.4 Å². The predicted molar refractivity (Wildman–Crippen MR) is 102 cm³/mol. The van der Waals surface area contributed by atoms with Crippen molar-refractivity contribution in [2.45, 2.75) is 10.6 Å². The average molecular weight is 414 g/mol. The quantitative estimate of drug-likeness (QED) is 0.353. The van der Waals surface area contributed by atoms with Gasteiger partial charge in [-0.25, -0.2) is 8.42 Å². The van der Waals surface area contributed by atoms with Gasteiger partial charge in [-0.05, 0) is 23.8 Å². The van der Waals surface area contributed by atoms with Crippen LogP contribution < -0.4 is 5.32 Å².